The molecular weight excluding hydrogens is 216 g/mol. The van der Waals surface area contributed by atoms with Crippen molar-refractivity contribution < 1.29 is 9.21 Å². The van der Waals surface area contributed by atoms with Gasteiger partial charge in [-0.25, -0.2) is 4.98 Å². The number of piperidine rings is 1. The topological polar surface area (TPSA) is 46.3 Å². The molecule has 2 rings (SSSR count). The number of hydrogen-bond acceptors (Lipinski definition) is 4. The third-order valence-corrected chi connectivity index (χ3v) is 3.53. The van der Waals surface area contributed by atoms with Crippen molar-refractivity contribution in [2.45, 2.75) is 40.2 Å². The molecule has 1 aliphatic heterocycles. The Hall–Kier alpha value is -1.16. The number of nitrogens with zero attached hydrogens (tertiary/aromatic N) is 2. The van der Waals surface area contributed by atoms with E-state index in [2.05, 4.69) is 16.8 Å². The molecule has 0 aromatic carbocycles. The second-order valence-corrected chi connectivity index (χ2v) is 4.81. The van der Waals surface area contributed by atoms with Crippen LogP contribution >= 0.6 is 0 Å². The van der Waals surface area contributed by atoms with Crippen molar-refractivity contribution in [2.24, 2.45) is 5.92 Å². The predicted octanol–water partition coefficient (Wildman–Crippen LogP) is 2.09. The van der Waals surface area contributed by atoms with Gasteiger partial charge in [-0.1, -0.05) is 6.92 Å². The molecule has 1 saturated heterocycles. The second kappa shape index (κ2) is 5.00. The Morgan fingerprint density at radius 3 is 2.82 bits per heavy atom. The molecule has 0 amide bonds. The molecule has 1 aliphatic rings. The lowest BCUT2D eigenvalue weighted by molar-refractivity contribution is -0.126. The van der Waals surface area contributed by atoms with Crippen LogP contribution in [-0.4, -0.2) is 28.8 Å². The highest BCUT2D eigenvalue weighted by Gasteiger charge is 2.26. The smallest absolute Gasteiger partial charge is 0.208 e. The SMILES string of the molecule is CCC1CN(Cc2nc(C)c(C)o2)CCC1=O. The Kier molecular flexibility index (Phi) is 3.62. The lowest BCUT2D eigenvalue weighted by Crippen LogP contribution is -2.40. The minimum absolute atomic E-state index is 0.195. The quantitative estimate of drug-likeness (QED) is 0.806. The molecule has 4 nitrogen and oxygen atoms in total. The number of hydrogen-bond donors (Lipinski definition) is 0. The van der Waals surface area contributed by atoms with E-state index in [1.165, 1.54) is 0 Å². The number of rotatable bonds is 3. The first kappa shape index (κ1) is 12.3. The monoisotopic (exact) mass is 236 g/mol. The summed E-state index contributed by atoms with van der Waals surface area (Å²) in [5, 5.41) is 0. The van der Waals surface area contributed by atoms with Gasteiger partial charge in [0.05, 0.1) is 12.2 Å². The van der Waals surface area contributed by atoms with Crippen molar-refractivity contribution in [3.05, 3.63) is 17.3 Å². The second-order valence-electron chi connectivity index (χ2n) is 4.81. The van der Waals surface area contributed by atoms with Crippen LogP contribution in [0.4, 0.5) is 0 Å². The molecule has 0 radical (unpaired) electrons. The molecule has 2 heterocycles. The number of ketones is 1. The molecule has 0 N–H and O–H groups in total. The minimum atomic E-state index is 0.195. The Morgan fingerprint density at radius 2 is 2.24 bits per heavy atom. The van der Waals surface area contributed by atoms with Crippen LogP contribution in [0.1, 0.15) is 37.1 Å². The number of carbonyl (C=O) groups is 1. The molecule has 17 heavy (non-hydrogen) atoms. The highest BCUT2D eigenvalue weighted by molar-refractivity contribution is 5.82. The Balaban J connectivity index is 1.97. The summed E-state index contributed by atoms with van der Waals surface area (Å²) in [4.78, 5) is 18.3. The largest absolute Gasteiger partial charge is 0.444 e. The first-order valence-corrected chi connectivity index (χ1v) is 6.28. The first-order chi connectivity index (χ1) is 8.10. The van der Waals surface area contributed by atoms with Gasteiger partial charge < -0.3 is 4.42 Å². The fraction of sp³-hybridized carbons (Fsp3) is 0.692. The standard InChI is InChI=1S/C13H20N2O2/c1-4-11-7-15(6-5-12(11)16)8-13-14-9(2)10(3)17-13/h11H,4-8H2,1-3H3. The third-order valence-electron chi connectivity index (χ3n) is 3.53. The van der Waals surface area contributed by atoms with Crippen molar-refractivity contribution in [3.8, 4) is 0 Å². The van der Waals surface area contributed by atoms with Crippen molar-refractivity contribution in [2.75, 3.05) is 13.1 Å². The van der Waals surface area contributed by atoms with Crippen LogP contribution in [0.5, 0.6) is 0 Å². The van der Waals surface area contributed by atoms with E-state index >= 15 is 0 Å². The van der Waals surface area contributed by atoms with E-state index in [0.29, 0.717) is 12.2 Å². The van der Waals surface area contributed by atoms with E-state index in [9.17, 15) is 4.79 Å². The average Bonchev–Trinajstić information content (AvgIpc) is 2.61. The Labute approximate surface area is 102 Å². The lowest BCUT2D eigenvalue weighted by Gasteiger charge is -2.30. The molecule has 4 heteroatoms. The molecule has 1 aromatic rings. The van der Waals surface area contributed by atoms with Gasteiger partial charge in [0.25, 0.3) is 0 Å². The Morgan fingerprint density at radius 1 is 1.47 bits per heavy atom. The number of aryl methyl sites for hydroxylation is 2. The van der Waals surface area contributed by atoms with Gasteiger partial charge in [0.15, 0.2) is 0 Å². The molecular formula is C13H20N2O2. The summed E-state index contributed by atoms with van der Waals surface area (Å²) in [6.45, 7) is 8.35. The molecule has 0 bridgehead atoms. The molecule has 1 aromatic heterocycles. The van der Waals surface area contributed by atoms with Crippen LogP contribution < -0.4 is 0 Å². The van der Waals surface area contributed by atoms with Gasteiger partial charge in [-0.3, -0.25) is 9.69 Å². The number of likely N-dealkylation sites (tertiary alicyclic amines) is 1. The lowest BCUT2D eigenvalue weighted by atomic mass is 9.94. The molecule has 0 spiro atoms. The maximum absolute atomic E-state index is 11.6. The number of oxazole rings is 1. The van der Waals surface area contributed by atoms with Crippen molar-refractivity contribution in [1.29, 1.82) is 0 Å². The zero-order valence-electron chi connectivity index (χ0n) is 10.8. The number of Topliss-reactive ketones (excluding diaryl/α,β-unsaturated/α-hetero) is 1. The van der Waals surface area contributed by atoms with Crippen molar-refractivity contribution in [3.63, 3.8) is 0 Å². The van der Waals surface area contributed by atoms with Crippen molar-refractivity contribution in [1.82, 2.24) is 9.88 Å². The molecule has 0 aliphatic carbocycles. The summed E-state index contributed by atoms with van der Waals surface area (Å²) >= 11 is 0. The van der Waals surface area contributed by atoms with Gasteiger partial charge in [0.2, 0.25) is 5.89 Å². The zero-order valence-corrected chi connectivity index (χ0v) is 10.8. The number of carbonyl (C=O) groups excluding carboxylic acids is 1. The maximum atomic E-state index is 11.6. The zero-order chi connectivity index (χ0) is 12.4. The van der Waals surface area contributed by atoms with E-state index in [1.807, 2.05) is 13.8 Å². The van der Waals surface area contributed by atoms with Crippen LogP contribution in [0.25, 0.3) is 0 Å². The van der Waals surface area contributed by atoms with Gasteiger partial charge in [-0.15, -0.1) is 0 Å². The van der Waals surface area contributed by atoms with Crippen LogP contribution in [0.15, 0.2) is 4.42 Å². The number of aromatic nitrogens is 1. The van der Waals surface area contributed by atoms with Crippen molar-refractivity contribution >= 4 is 5.78 Å². The summed E-state index contributed by atoms with van der Waals surface area (Å²) in [5.41, 5.74) is 0.958. The van der Waals surface area contributed by atoms with E-state index in [-0.39, 0.29) is 5.92 Å². The fourth-order valence-electron chi connectivity index (χ4n) is 2.28. The summed E-state index contributed by atoms with van der Waals surface area (Å²) in [6, 6.07) is 0. The van der Waals surface area contributed by atoms with Crippen LogP contribution in [0.2, 0.25) is 0 Å². The molecule has 1 fully saturated rings. The molecule has 94 valence electrons. The minimum Gasteiger partial charge on any atom is -0.444 e. The Bertz CT molecular complexity index is 392. The van der Waals surface area contributed by atoms with Gasteiger partial charge >= 0.3 is 0 Å². The van der Waals surface area contributed by atoms with Gasteiger partial charge in [-0.05, 0) is 20.3 Å². The predicted molar refractivity (Wildman–Crippen MR) is 64.7 cm³/mol. The van der Waals surface area contributed by atoms with Gasteiger partial charge in [-0.2, -0.15) is 0 Å². The highest BCUT2D eigenvalue weighted by atomic mass is 16.4. The average molecular weight is 236 g/mol. The molecule has 1 atom stereocenters. The van der Waals surface area contributed by atoms with E-state index < -0.39 is 0 Å². The maximum Gasteiger partial charge on any atom is 0.208 e. The van der Waals surface area contributed by atoms with E-state index in [4.69, 9.17) is 4.42 Å². The third kappa shape index (κ3) is 2.75. The summed E-state index contributed by atoms with van der Waals surface area (Å²) in [5.74, 6) is 2.26. The summed E-state index contributed by atoms with van der Waals surface area (Å²) in [7, 11) is 0. The van der Waals surface area contributed by atoms with Gasteiger partial charge in [0, 0.05) is 25.4 Å². The summed E-state index contributed by atoms with van der Waals surface area (Å²) in [6.07, 6.45) is 1.59. The first-order valence-electron chi connectivity index (χ1n) is 6.28. The summed E-state index contributed by atoms with van der Waals surface area (Å²) < 4.78 is 5.58. The van der Waals surface area contributed by atoms with E-state index in [1.54, 1.807) is 0 Å². The van der Waals surface area contributed by atoms with Crippen LogP contribution in [0.3, 0.4) is 0 Å². The highest BCUT2D eigenvalue weighted by Crippen LogP contribution is 2.18. The molecule has 1 unspecified atom stereocenters. The van der Waals surface area contributed by atoms with Crippen LogP contribution in [0, 0.1) is 19.8 Å². The normalized spacial score (nSPS) is 22.1. The molecule has 0 saturated carbocycles. The van der Waals surface area contributed by atoms with E-state index in [0.717, 1.165) is 43.4 Å². The van der Waals surface area contributed by atoms with Gasteiger partial charge in [0.1, 0.15) is 11.5 Å². The van der Waals surface area contributed by atoms with Crippen LogP contribution in [-0.2, 0) is 11.3 Å². The fourth-order valence-corrected chi connectivity index (χ4v) is 2.28.